The molecule has 0 amide bonds. The van der Waals surface area contributed by atoms with E-state index in [0.717, 1.165) is 29.5 Å². The third-order valence-electron chi connectivity index (χ3n) is 4.53. The lowest BCUT2D eigenvalue weighted by atomic mass is 10.1. The van der Waals surface area contributed by atoms with Crippen LogP contribution in [0.4, 0.5) is 0 Å². The normalized spacial score (nSPS) is 11.3. The molecule has 0 aliphatic rings. The number of quaternary nitrogens is 1. The second kappa shape index (κ2) is 8.41. The van der Waals surface area contributed by atoms with Crippen molar-refractivity contribution >= 4 is 10.9 Å². The van der Waals surface area contributed by atoms with E-state index in [1.54, 1.807) is 10.9 Å². The Morgan fingerprint density at radius 3 is 2.40 bits per heavy atom. The van der Waals surface area contributed by atoms with Crippen molar-refractivity contribution in [3.8, 4) is 0 Å². The Bertz CT molecular complexity index is 875. The van der Waals surface area contributed by atoms with Crippen LogP contribution in [0.25, 0.3) is 10.9 Å². The molecule has 0 unspecified atom stereocenters. The highest BCUT2D eigenvalue weighted by Gasteiger charge is 2.15. The van der Waals surface area contributed by atoms with Crippen molar-refractivity contribution in [2.75, 3.05) is 27.2 Å². The fourth-order valence-corrected chi connectivity index (χ4v) is 2.83. The zero-order valence-electron chi connectivity index (χ0n) is 14.7. The first-order chi connectivity index (χ1) is 11.6. The first kappa shape index (κ1) is 19.3. The zero-order valence-corrected chi connectivity index (χ0v) is 16.3. The fourth-order valence-electron chi connectivity index (χ4n) is 2.83. The molecule has 0 saturated heterocycles. The van der Waals surface area contributed by atoms with E-state index >= 15 is 0 Å². The Morgan fingerprint density at radius 1 is 0.960 bits per heavy atom. The summed E-state index contributed by atoms with van der Waals surface area (Å²) >= 11 is 0. The maximum absolute atomic E-state index is 12.5. The van der Waals surface area contributed by atoms with Crippen LogP contribution in [0.15, 0.2) is 65.7 Å². The molecule has 3 rings (SSSR count). The summed E-state index contributed by atoms with van der Waals surface area (Å²) < 4.78 is 2.60. The summed E-state index contributed by atoms with van der Waals surface area (Å²) in [7, 11) is 4.42. The maximum atomic E-state index is 12.5. The SMILES string of the molecule is C[N+](C)(CCc1ccccc1)CCn1cnc2ccccc2c1=O.[Br-]. The quantitative estimate of drug-likeness (QED) is 0.532. The van der Waals surface area contributed by atoms with Crippen molar-refractivity contribution in [3.05, 3.63) is 76.8 Å². The van der Waals surface area contributed by atoms with Gasteiger partial charge in [0.25, 0.3) is 5.56 Å². The standard InChI is InChI=1S/C20H24N3O.BrH/c1-23(2,14-12-17-8-4-3-5-9-17)15-13-22-16-21-19-11-7-6-10-18(19)20(22)24;/h3-11,16H,12-15H2,1-2H3;1H/q+1;/p-1. The largest absolute Gasteiger partial charge is 1.00 e. The number of nitrogens with zero attached hydrogens (tertiary/aromatic N) is 3. The Hall–Kier alpha value is -1.98. The van der Waals surface area contributed by atoms with Gasteiger partial charge in [0.05, 0.1) is 51.0 Å². The predicted molar refractivity (Wildman–Crippen MR) is 98.0 cm³/mol. The summed E-state index contributed by atoms with van der Waals surface area (Å²) in [5, 5.41) is 0.689. The molecule has 1 heterocycles. The van der Waals surface area contributed by atoms with E-state index in [4.69, 9.17) is 0 Å². The van der Waals surface area contributed by atoms with E-state index in [2.05, 4.69) is 43.3 Å². The molecule has 0 aliphatic carbocycles. The second-order valence-corrected chi connectivity index (χ2v) is 6.88. The van der Waals surface area contributed by atoms with Gasteiger partial charge in [0.2, 0.25) is 0 Å². The van der Waals surface area contributed by atoms with Gasteiger partial charge in [0.1, 0.15) is 0 Å². The Balaban J connectivity index is 0.00000225. The number of halogens is 1. The van der Waals surface area contributed by atoms with Crippen LogP contribution in [0.1, 0.15) is 5.56 Å². The average Bonchev–Trinajstić information content (AvgIpc) is 2.61. The Labute approximate surface area is 159 Å². The summed E-state index contributed by atoms with van der Waals surface area (Å²) in [4.78, 5) is 16.9. The molecule has 0 atom stereocenters. The lowest BCUT2D eigenvalue weighted by molar-refractivity contribution is -0.890. The number of likely N-dealkylation sites (N-methyl/N-ethyl adjacent to an activating group) is 1. The minimum absolute atomic E-state index is 0. The van der Waals surface area contributed by atoms with Gasteiger partial charge in [-0.15, -0.1) is 0 Å². The van der Waals surface area contributed by atoms with Gasteiger partial charge in [-0.1, -0.05) is 42.5 Å². The van der Waals surface area contributed by atoms with Gasteiger partial charge in [-0.25, -0.2) is 4.98 Å². The fraction of sp³-hybridized carbons (Fsp3) is 0.300. The summed E-state index contributed by atoms with van der Waals surface area (Å²) in [6.45, 7) is 2.62. The van der Waals surface area contributed by atoms with Gasteiger partial charge in [0, 0.05) is 6.42 Å². The number of hydrogen-bond donors (Lipinski definition) is 0. The lowest BCUT2D eigenvalue weighted by Gasteiger charge is -2.30. The van der Waals surface area contributed by atoms with Crippen molar-refractivity contribution in [1.82, 2.24) is 9.55 Å². The summed E-state index contributed by atoms with van der Waals surface area (Å²) in [5.41, 5.74) is 2.16. The van der Waals surface area contributed by atoms with Gasteiger partial charge in [0.15, 0.2) is 0 Å². The van der Waals surface area contributed by atoms with Gasteiger partial charge >= 0.3 is 0 Å². The van der Waals surface area contributed by atoms with Crippen molar-refractivity contribution in [1.29, 1.82) is 0 Å². The number of fused-ring (bicyclic) bond motifs is 1. The number of rotatable bonds is 6. The molecule has 3 aromatic rings. The molecule has 0 aliphatic heterocycles. The van der Waals surface area contributed by atoms with Gasteiger partial charge < -0.3 is 21.5 Å². The highest BCUT2D eigenvalue weighted by atomic mass is 79.9. The second-order valence-electron chi connectivity index (χ2n) is 6.88. The number of hydrogen-bond acceptors (Lipinski definition) is 2. The lowest BCUT2D eigenvalue weighted by Crippen LogP contribution is -3.00. The molecule has 0 N–H and O–H groups in total. The van der Waals surface area contributed by atoms with Crippen LogP contribution in [0, 0.1) is 0 Å². The molecule has 1 aromatic heterocycles. The smallest absolute Gasteiger partial charge is 0.261 e. The summed E-state index contributed by atoms with van der Waals surface area (Å²) in [5.74, 6) is 0. The van der Waals surface area contributed by atoms with Crippen LogP contribution in [0.3, 0.4) is 0 Å². The van der Waals surface area contributed by atoms with Crippen LogP contribution in [-0.4, -0.2) is 41.2 Å². The Morgan fingerprint density at radius 2 is 1.64 bits per heavy atom. The number of aromatic nitrogens is 2. The molecular formula is C20H24BrN3O. The molecule has 2 aromatic carbocycles. The van der Waals surface area contributed by atoms with Crippen LogP contribution >= 0.6 is 0 Å². The van der Waals surface area contributed by atoms with E-state index in [-0.39, 0.29) is 22.5 Å². The summed E-state index contributed by atoms with van der Waals surface area (Å²) in [6, 6.07) is 18.0. The van der Waals surface area contributed by atoms with E-state index in [1.807, 2.05) is 30.3 Å². The molecule has 5 heteroatoms. The molecule has 0 fully saturated rings. The van der Waals surface area contributed by atoms with Crippen molar-refractivity contribution < 1.29 is 21.5 Å². The minimum atomic E-state index is 0. The van der Waals surface area contributed by atoms with Gasteiger partial charge in [-0.05, 0) is 17.7 Å². The van der Waals surface area contributed by atoms with Gasteiger partial charge in [-0.2, -0.15) is 0 Å². The first-order valence-electron chi connectivity index (χ1n) is 8.35. The molecule has 4 nitrogen and oxygen atoms in total. The maximum Gasteiger partial charge on any atom is 0.261 e. The number of para-hydroxylation sites is 1. The van der Waals surface area contributed by atoms with Crippen molar-refractivity contribution in [2.45, 2.75) is 13.0 Å². The van der Waals surface area contributed by atoms with Crippen LogP contribution in [0.5, 0.6) is 0 Å². The van der Waals surface area contributed by atoms with E-state index < -0.39 is 0 Å². The molecule has 0 spiro atoms. The minimum Gasteiger partial charge on any atom is -1.00 e. The third-order valence-corrected chi connectivity index (χ3v) is 4.53. The van der Waals surface area contributed by atoms with Gasteiger partial charge in [-0.3, -0.25) is 9.36 Å². The highest BCUT2D eigenvalue weighted by Crippen LogP contribution is 2.07. The van der Waals surface area contributed by atoms with Crippen molar-refractivity contribution in [3.63, 3.8) is 0 Å². The van der Waals surface area contributed by atoms with Crippen LogP contribution in [0.2, 0.25) is 0 Å². The van der Waals surface area contributed by atoms with Crippen molar-refractivity contribution in [2.24, 2.45) is 0 Å². The molecule has 0 radical (unpaired) electrons. The molecule has 25 heavy (non-hydrogen) atoms. The third kappa shape index (κ3) is 5.00. The zero-order chi connectivity index (χ0) is 17.0. The molecular weight excluding hydrogens is 378 g/mol. The summed E-state index contributed by atoms with van der Waals surface area (Å²) in [6.07, 6.45) is 2.71. The first-order valence-corrected chi connectivity index (χ1v) is 8.35. The number of benzene rings is 2. The highest BCUT2D eigenvalue weighted by molar-refractivity contribution is 5.76. The van der Waals surface area contributed by atoms with E-state index in [0.29, 0.717) is 11.9 Å². The van der Waals surface area contributed by atoms with E-state index in [1.165, 1.54) is 5.56 Å². The van der Waals surface area contributed by atoms with Crippen LogP contribution in [-0.2, 0) is 13.0 Å². The van der Waals surface area contributed by atoms with E-state index in [9.17, 15) is 4.79 Å². The Kier molecular flexibility index (Phi) is 6.51. The predicted octanol–water partition coefficient (Wildman–Crippen LogP) is -0.280. The molecule has 0 bridgehead atoms. The molecule has 132 valence electrons. The topological polar surface area (TPSA) is 34.9 Å². The van der Waals surface area contributed by atoms with Crippen LogP contribution < -0.4 is 22.5 Å². The molecule has 0 saturated carbocycles. The average molecular weight is 402 g/mol. The monoisotopic (exact) mass is 401 g/mol.